The second kappa shape index (κ2) is 5.14. The standard InChI is InChI=1S/C12H16N2O3/c1-9-4-2-6-11(14(15)16)12(9)17-10-5-3-7-13-8-10/h2,4,6,10,13H,3,5,7-8H2,1H3/t10-/m0/s1. The number of para-hydroxylation sites is 1. The summed E-state index contributed by atoms with van der Waals surface area (Å²) >= 11 is 0. The van der Waals surface area contributed by atoms with Crippen molar-refractivity contribution in [2.45, 2.75) is 25.9 Å². The van der Waals surface area contributed by atoms with Crippen molar-refractivity contribution >= 4 is 5.69 Å². The Balaban J connectivity index is 2.21. The van der Waals surface area contributed by atoms with E-state index < -0.39 is 4.92 Å². The summed E-state index contributed by atoms with van der Waals surface area (Å²) in [7, 11) is 0. The lowest BCUT2D eigenvalue weighted by Gasteiger charge is -2.24. The molecule has 17 heavy (non-hydrogen) atoms. The monoisotopic (exact) mass is 236 g/mol. The van der Waals surface area contributed by atoms with Crippen molar-refractivity contribution < 1.29 is 9.66 Å². The molecule has 1 aromatic rings. The highest BCUT2D eigenvalue weighted by Crippen LogP contribution is 2.31. The predicted molar refractivity (Wildman–Crippen MR) is 64.4 cm³/mol. The fourth-order valence-corrected chi connectivity index (χ4v) is 2.02. The Hall–Kier alpha value is -1.62. The van der Waals surface area contributed by atoms with Crippen molar-refractivity contribution in [1.29, 1.82) is 0 Å². The minimum absolute atomic E-state index is 0.0311. The van der Waals surface area contributed by atoms with E-state index in [1.807, 2.05) is 13.0 Å². The minimum atomic E-state index is -0.390. The highest BCUT2D eigenvalue weighted by Gasteiger charge is 2.22. The number of nitrogens with one attached hydrogen (secondary N) is 1. The molecule has 0 amide bonds. The fraction of sp³-hybridized carbons (Fsp3) is 0.500. The minimum Gasteiger partial charge on any atom is -0.482 e. The number of ether oxygens (including phenoxy) is 1. The molecule has 1 aliphatic rings. The highest BCUT2D eigenvalue weighted by atomic mass is 16.6. The Labute approximate surface area is 99.9 Å². The van der Waals surface area contributed by atoms with Crippen LogP contribution in [0.15, 0.2) is 18.2 Å². The van der Waals surface area contributed by atoms with Gasteiger partial charge in [0.15, 0.2) is 5.75 Å². The molecule has 0 unspecified atom stereocenters. The van der Waals surface area contributed by atoms with Gasteiger partial charge in [0.25, 0.3) is 0 Å². The fourth-order valence-electron chi connectivity index (χ4n) is 2.02. The van der Waals surface area contributed by atoms with Crippen LogP contribution in [0, 0.1) is 17.0 Å². The maximum absolute atomic E-state index is 10.9. The van der Waals surface area contributed by atoms with Crippen molar-refractivity contribution in [3.05, 3.63) is 33.9 Å². The quantitative estimate of drug-likeness (QED) is 0.644. The summed E-state index contributed by atoms with van der Waals surface area (Å²) in [6, 6.07) is 5.00. The Bertz CT molecular complexity index is 414. The molecule has 0 aliphatic carbocycles. The molecule has 1 N–H and O–H groups in total. The summed E-state index contributed by atoms with van der Waals surface area (Å²) in [5.74, 6) is 0.409. The molecule has 1 heterocycles. The number of hydrogen-bond donors (Lipinski definition) is 1. The van der Waals surface area contributed by atoms with Gasteiger partial charge in [-0.2, -0.15) is 0 Å². The molecule has 0 spiro atoms. The van der Waals surface area contributed by atoms with Crippen molar-refractivity contribution in [2.24, 2.45) is 0 Å². The first-order valence-electron chi connectivity index (χ1n) is 5.80. The number of nitrogens with zero attached hydrogens (tertiary/aromatic N) is 1. The number of rotatable bonds is 3. The maximum Gasteiger partial charge on any atom is 0.311 e. The van der Waals surface area contributed by atoms with Gasteiger partial charge in [-0.1, -0.05) is 12.1 Å². The van der Waals surface area contributed by atoms with E-state index in [-0.39, 0.29) is 11.8 Å². The topological polar surface area (TPSA) is 64.4 Å². The Morgan fingerprint density at radius 1 is 1.53 bits per heavy atom. The third-order valence-electron chi connectivity index (χ3n) is 2.92. The molecule has 1 atom stereocenters. The summed E-state index contributed by atoms with van der Waals surface area (Å²) in [5.41, 5.74) is 0.861. The van der Waals surface area contributed by atoms with Crippen molar-refractivity contribution in [3.8, 4) is 5.75 Å². The first-order valence-corrected chi connectivity index (χ1v) is 5.80. The maximum atomic E-state index is 10.9. The summed E-state index contributed by atoms with van der Waals surface area (Å²) in [5, 5.41) is 14.2. The summed E-state index contributed by atoms with van der Waals surface area (Å²) < 4.78 is 5.77. The van der Waals surface area contributed by atoms with Gasteiger partial charge in [-0.05, 0) is 31.9 Å². The normalized spacial score (nSPS) is 19.9. The van der Waals surface area contributed by atoms with Gasteiger partial charge >= 0.3 is 5.69 Å². The molecule has 1 fully saturated rings. The molecular formula is C12H16N2O3. The van der Waals surface area contributed by atoms with E-state index in [0.717, 1.165) is 31.5 Å². The van der Waals surface area contributed by atoms with E-state index in [0.29, 0.717) is 5.75 Å². The molecule has 1 aromatic carbocycles. The largest absolute Gasteiger partial charge is 0.482 e. The Morgan fingerprint density at radius 3 is 3.00 bits per heavy atom. The zero-order valence-electron chi connectivity index (χ0n) is 9.81. The van der Waals surface area contributed by atoms with E-state index in [1.54, 1.807) is 6.07 Å². The van der Waals surface area contributed by atoms with Crippen LogP contribution in [0.5, 0.6) is 5.75 Å². The molecule has 0 radical (unpaired) electrons. The summed E-state index contributed by atoms with van der Waals surface area (Å²) in [6.45, 7) is 3.58. The lowest BCUT2D eigenvalue weighted by atomic mass is 10.1. The van der Waals surface area contributed by atoms with Crippen LogP contribution in [-0.2, 0) is 0 Å². The smallest absolute Gasteiger partial charge is 0.311 e. The van der Waals surface area contributed by atoms with E-state index in [1.165, 1.54) is 6.07 Å². The van der Waals surface area contributed by atoms with Gasteiger partial charge in [0.05, 0.1) is 4.92 Å². The number of piperidine rings is 1. The summed E-state index contributed by atoms with van der Waals surface area (Å²) in [6.07, 6.45) is 2.02. The molecule has 0 bridgehead atoms. The van der Waals surface area contributed by atoms with Crippen LogP contribution < -0.4 is 10.1 Å². The zero-order chi connectivity index (χ0) is 12.3. The number of benzene rings is 1. The third kappa shape index (κ3) is 2.74. The lowest BCUT2D eigenvalue weighted by molar-refractivity contribution is -0.386. The second-order valence-electron chi connectivity index (χ2n) is 4.27. The van der Waals surface area contributed by atoms with Crippen molar-refractivity contribution in [1.82, 2.24) is 5.32 Å². The molecule has 5 nitrogen and oxygen atoms in total. The molecule has 0 aromatic heterocycles. The Kier molecular flexibility index (Phi) is 3.58. The molecular weight excluding hydrogens is 220 g/mol. The number of aryl methyl sites for hydroxylation is 1. The molecule has 2 rings (SSSR count). The molecule has 0 saturated carbocycles. The highest BCUT2D eigenvalue weighted by molar-refractivity contribution is 5.51. The van der Waals surface area contributed by atoms with Crippen LogP contribution in [0.1, 0.15) is 18.4 Å². The van der Waals surface area contributed by atoms with Gasteiger partial charge in [0.2, 0.25) is 0 Å². The average Bonchev–Trinajstić information content (AvgIpc) is 2.33. The first-order chi connectivity index (χ1) is 8.18. The van der Waals surface area contributed by atoms with Crippen LogP contribution in [0.4, 0.5) is 5.69 Å². The molecule has 92 valence electrons. The molecule has 5 heteroatoms. The predicted octanol–water partition coefficient (Wildman–Crippen LogP) is 2.03. The van der Waals surface area contributed by atoms with Crippen LogP contribution in [0.25, 0.3) is 0 Å². The lowest BCUT2D eigenvalue weighted by Crippen LogP contribution is -2.37. The van der Waals surface area contributed by atoms with Gasteiger partial charge in [-0.3, -0.25) is 10.1 Å². The summed E-state index contributed by atoms with van der Waals surface area (Å²) in [4.78, 5) is 10.5. The number of hydrogen-bond acceptors (Lipinski definition) is 4. The first kappa shape index (κ1) is 11.9. The Morgan fingerprint density at radius 2 is 2.35 bits per heavy atom. The number of nitro benzene ring substituents is 1. The van der Waals surface area contributed by atoms with Crippen LogP contribution in [0.3, 0.4) is 0 Å². The van der Waals surface area contributed by atoms with Crippen molar-refractivity contribution in [2.75, 3.05) is 13.1 Å². The van der Waals surface area contributed by atoms with E-state index in [9.17, 15) is 10.1 Å². The van der Waals surface area contributed by atoms with Gasteiger partial charge in [-0.15, -0.1) is 0 Å². The van der Waals surface area contributed by atoms with Gasteiger partial charge in [0, 0.05) is 12.6 Å². The van der Waals surface area contributed by atoms with Crippen LogP contribution in [-0.4, -0.2) is 24.1 Å². The third-order valence-corrected chi connectivity index (χ3v) is 2.92. The van der Waals surface area contributed by atoms with E-state index in [4.69, 9.17) is 4.74 Å². The number of nitro groups is 1. The van der Waals surface area contributed by atoms with Crippen LogP contribution >= 0.6 is 0 Å². The average molecular weight is 236 g/mol. The van der Waals surface area contributed by atoms with E-state index in [2.05, 4.69) is 5.32 Å². The van der Waals surface area contributed by atoms with Crippen molar-refractivity contribution in [3.63, 3.8) is 0 Å². The van der Waals surface area contributed by atoms with E-state index >= 15 is 0 Å². The van der Waals surface area contributed by atoms with Gasteiger partial charge in [-0.25, -0.2) is 0 Å². The van der Waals surface area contributed by atoms with Gasteiger partial charge < -0.3 is 10.1 Å². The molecule has 1 aliphatic heterocycles. The van der Waals surface area contributed by atoms with Crippen LogP contribution in [0.2, 0.25) is 0 Å². The van der Waals surface area contributed by atoms with Gasteiger partial charge in [0.1, 0.15) is 6.10 Å². The zero-order valence-corrected chi connectivity index (χ0v) is 9.81. The molecule has 1 saturated heterocycles. The SMILES string of the molecule is Cc1cccc([N+](=O)[O-])c1O[C@H]1CCCNC1. The second-order valence-corrected chi connectivity index (χ2v) is 4.27.